The SMILES string of the molecule is CCCCOC(=O)c1cc(C)c(Br)c(S(N)(=O)=O)c1. The largest absolute Gasteiger partial charge is 0.462 e. The minimum Gasteiger partial charge on any atom is -0.462 e. The van der Waals surface area contributed by atoms with Gasteiger partial charge in [-0.05, 0) is 47.0 Å². The molecule has 0 heterocycles. The van der Waals surface area contributed by atoms with Gasteiger partial charge in [0, 0.05) is 4.47 Å². The molecule has 0 atom stereocenters. The number of ether oxygens (including phenoxy) is 1. The van der Waals surface area contributed by atoms with Gasteiger partial charge in [0.1, 0.15) is 0 Å². The first-order valence-electron chi connectivity index (χ1n) is 5.77. The molecule has 0 aliphatic rings. The predicted octanol–water partition coefficient (Wildman–Crippen LogP) is 2.36. The lowest BCUT2D eigenvalue weighted by molar-refractivity contribution is 0.0499. The lowest BCUT2D eigenvalue weighted by Gasteiger charge is -2.09. The molecule has 0 aliphatic carbocycles. The van der Waals surface area contributed by atoms with Gasteiger partial charge in [0.15, 0.2) is 0 Å². The monoisotopic (exact) mass is 349 g/mol. The fourth-order valence-corrected chi connectivity index (χ4v) is 3.06. The number of rotatable bonds is 5. The maximum atomic E-state index is 11.8. The fraction of sp³-hybridized carbons (Fsp3) is 0.417. The lowest BCUT2D eigenvalue weighted by Crippen LogP contribution is -2.15. The molecule has 0 saturated heterocycles. The topological polar surface area (TPSA) is 86.5 Å². The summed E-state index contributed by atoms with van der Waals surface area (Å²) in [5.41, 5.74) is 0.787. The molecule has 19 heavy (non-hydrogen) atoms. The normalized spacial score (nSPS) is 11.4. The van der Waals surface area contributed by atoms with E-state index in [9.17, 15) is 13.2 Å². The van der Waals surface area contributed by atoms with Gasteiger partial charge in [-0.25, -0.2) is 18.4 Å². The van der Waals surface area contributed by atoms with Crippen LogP contribution >= 0.6 is 15.9 Å². The minimum absolute atomic E-state index is 0.116. The third-order valence-corrected chi connectivity index (χ3v) is 4.74. The molecule has 1 aromatic carbocycles. The van der Waals surface area contributed by atoms with Crippen LogP contribution in [-0.2, 0) is 14.8 Å². The fourth-order valence-electron chi connectivity index (χ4n) is 1.45. The van der Waals surface area contributed by atoms with E-state index in [2.05, 4.69) is 15.9 Å². The van der Waals surface area contributed by atoms with Crippen molar-refractivity contribution in [3.63, 3.8) is 0 Å². The van der Waals surface area contributed by atoms with Gasteiger partial charge in [-0.2, -0.15) is 0 Å². The molecule has 0 radical (unpaired) electrons. The van der Waals surface area contributed by atoms with Crippen LogP contribution < -0.4 is 5.14 Å². The Bertz CT molecular complexity index is 584. The zero-order chi connectivity index (χ0) is 14.6. The van der Waals surface area contributed by atoms with Crippen molar-refractivity contribution in [2.24, 2.45) is 5.14 Å². The summed E-state index contributed by atoms with van der Waals surface area (Å²) in [7, 11) is -3.89. The summed E-state index contributed by atoms with van der Waals surface area (Å²) < 4.78 is 28.3. The maximum Gasteiger partial charge on any atom is 0.338 e. The Morgan fingerprint density at radius 1 is 1.42 bits per heavy atom. The van der Waals surface area contributed by atoms with Gasteiger partial charge in [-0.3, -0.25) is 0 Å². The number of halogens is 1. The quantitative estimate of drug-likeness (QED) is 0.652. The molecule has 0 unspecified atom stereocenters. The van der Waals surface area contributed by atoms with Crippen molar-refractivity contribution in [2.75, 3.05) is 6.61 Å². The lowest BCUT2D eigenvalue weighted by atomic mass is 10.1. The van der Waals surface area contributed by atoms with E-state index in [-0.39, 0.29) is 10.5 Å². The van der Waals surface area contributed by atoms with Crippen molar-refractivity contribution in [3.05, 3.63) is 27.7 Å². The van der Waals surface area contributed by atoms with Crippen LogP contribution in [0.4, 0.5) is 0 Å². The van der Waals surface area contributed by atoms with Crippen LogP contribution in [0, 0.1) is 6.92 Å². The molecule has 0 bridgehead atoms. The second-order valence-corrected chi connectivity index (χ2v) is 6.46. The van der Waals surface area contributed by atoms with Gasteiger partial charge in [-0.15, -0.1) is 0 Å². The first-order chi connectivity index (χ1) is 8.77. The van der Waals surface area contributed by atoms with E-state index >= 15 is 0 Å². The summed E-state index contributed by atoms with van der Waals surface area (Å²) in [4.78, 5) is 11.7. The Labute approximate surface area is 121 Å². The number of carbonyl (C=O) groups is 1. The number of unbranched alkanes of at least 4 members (excludes halogenated alkanes) is 1. The molecule has 0 spiro atoms. The van der Waals surface area contributed by atoms with Crippen LogP contribution in [0.5, 0.6) is 0 Å². The molecule has 5 nitrogen and oxygen atoms in total. The molecule has 0 aromatic heterocycles. The average Bonchev–Trinajstić information content (AvgIpc) is 2.31. The molecule has 106 valence electrons. The third-order valence-electron chi connectivity index (χ3n) is 2.49. The smallest absolute Gasteiger partial charge is 0.338 e. The number of benzene rings is 1. The number of hydrogen-bond donors (Lipinski definition) is 1. The van der Waals surface area contributed by atoms with E-state index in [1.54, 1.807) is 13.0 Å². The zero-order valence-electron chi connectivity index (χ0n) is 10.8. The van der Waals surface area contributed by atoms with Crippen molar-refractivity contribution < 1.29 is 17.9 Å². The number of hydrogen-bond acceptors (Lipinski definition) is 4. The van der Waals surface area contributed by atoms with E-state index in [0.29, 0.717) is 16.6 Å². The van der Waals surface area contributed by atoms with Gasteiger partial charge in [0.25, 0.3) is 0 Å². The zero-order valence-corrected chi connectivity index (χ0v) is 13.2. The highest BCUT2D eigenvalue weighted by molar-refractivity contribution is 9.10. The van der Waals surface area contributed by atoms with E-state index in [0.717, 1.165) is 12.8 Å². The van der Waals surface area contributed by atoms with Crippen molar-refractivity contribution in [1.82, 2.24) is 0 Å². The van der Waals surface area contributed by atoms with Crippen LogP contribution in [-0.4, -0.2) is 21.0 Å². The van der Waals surface area contributed by atoms with E-state index in [4.69, 9.17) is 9.88 Å². The van der Waals surface area contributed by atoms with Crippen LogP contribution in [0.3, 0.4) is 0 Å². The van der Waals surface area contributed by atoms with Gasteiger partial charge < -0.3 is 4.74 Å². The van der Waals surface area contributed by atoms with Gasteiger partial charge in [0.2, 0.25) is 10.0 Å². The first kappa shape index (κ1) is 16.1. The summed E-state index contributed by atoms with van der Waals surface area (Å²) in [5, 5.41) is 5.11. The predicted molar refractivity (Wildman–Crippen MR) is 75.4 cm³/mol. The number of primary sulfonamides is 1. The Morgan fingerprint density at radius 2 is 2.05 bits per heavy atom. The number of sulfonamides is 1. The molecule has 2 N–H and O–H groups in total. The molecular formula is C12H16BrNO4S. The Kier molecular flexibility index (Phi) is 5.51. The molecule has 0 aliphatic heterocycles. The number of aryl methyl sites for hydroxylation is 1. The molecular weight excluding hydrogens is 334 g/mol. The van der Waals surface area contributed by atoms with Crippen molar-refractivity contribution in [3.8, 4) is 0 Å². The molecule has 0 amide bonds. The molecule has 7 heteroatoms. The van der Waals surface area contributed by atoms with Gasteiger partial charge in [0.05, 0.1) is 17.1 Å². The summed E-state index contributed by atoms with van der Waals surface area (Å²) in [6, 6.07) is 2.79. The second-order valence-electron chi connectivity index (χ2n) is 4.14. The molecule has 1 aromatic rings. The maximum absolute atomic E-state index is 11.8. The van der Waals surface area contributed by atoms with E-state index in [1.807, 2.05) is 6.92 Å². The van der Waals surface area contributed by atoms with Crippen molar-refractivity contribution >= 4 is 31.9 Å². The summed E-state index contributed by atoms with van der Waals surface area (Å²) >= 11 is 3.15. The van der Waals surface area contributed by atoms with Crippen LogP contribution in [0.2, 0.25) is 0 Å². The Morgan fingerprint density at radius 3 is 2.58 bits per heavy atom. The van der Waals surface area contributed by atoms with E-state index in [1.165, 1.54) is 6.07 Å². The molecule has 0 saturated carbocycles. The van der Waals surface area contributed by atoms with Gasteiger partial charge >= 0.3 is 5.97 Å². The summed E-state index contributed by atoms with van der Waals surface area (Å²) in [6.45, 7) is 3.98. The van der Waals surface area contributed by atoms with Crippen LogP contribution in [0.15, 0.2) is 21.5 Å². The average molecular weight is 350 g/mol. The summed E-state index contributed by atoms with van der Waals surface area (Å²) in [5.74, 6) is -0.547. The van der Waals surface area contributed by atoms with Crippen LogP contribution in [0.1, 0.15) is 35.7 Å². The van der Waals surface area contributed by atoms with Crippen molar-refractivity contribution in [1.29, 1.82) is 0 Å². The highest BCUT2D eigenvalue weighted by Gasteiger charge is 2.19. The highest BCUT2D eigenvalue weighted by Crippen LogP contribution is 2.26. The first-order valence-corrected chi connectivity index (χ1v) is 8.11. The Balaban J connectivity index is 3.11. The number of esters is 1. The van der Waals surface area contributed by atoms with Crippen LogP contribution in [0.25, 0.3) is 0 Å². The standard InChI is InChI=1S/C12H16BrNO4S/c1-3-4-5-18-12(15)9-6-8(2)11(13)10(7-9)19(14,16)17/h6-7H,3-5H2,1-2H3,(H2,14,16,17). The van der Waals surface area contributed by atoms with Crippen molar-refractivity contribution in [2.45, 2.75) is 31.6 Å². The van der Waals surface area contributed by atoms with E-state index < -0.39 is 16.0 Å². The molecule has 1 rings (SSSR count). The second kappa shape index (κ2) is 6.49. The Hall–Kier alpha value is -0.920. The van der Waals surface area contributed by atoms with Gasteiger partial charge in [-0.1, -0.05) is 13.3 Å². The molecule has 0 fully saturated rings. The number of carbonyl (C=O) groups excluding carboxylic acids is 1. The summed E-state index contributed by atoms with van der Waals surface area (Å²) in [6.07, 6.45) is 1.68. The minimum atomic E-state index is -3.89. The highest BCUT2D eigenvalue weighted by atomic mass is 79.9. The third kappa shape index (κ3) is 4.29. The number of nitrogens with two attached hydrogens (primary N) is 1.